The van der Waals surface area contributed by atoms with Crippen molar-refractivity contribution in [3.63, 3.8) is 0 Å². The number of methoxy groups -OCH3 is 1. The summed E-state index contributed by atoms with van der Waals surface area (Å²) in [6.07, 6.45) is 0. The van der Waals surface area contributed by atoms with Gasteiger partial charge in [0, 0.05) is 11.4 Å². The number of carbonyl (C=O) groups excluding carboxylic acids is 2. The highest BCUT2D eigenvalue weighted by Crippen LogP contribution is 2.16. The summed E-state index contributed by atoms with van der Waals surface area (Å²) in [6.45, 7) is 5.80. The molecule has 0 spiro atoms. The standard InChI is InChI=1S/C12H17ClN2O3S/c1-7(2)15(11(16)8(3)13)5-10-14-9(6-19-10)12(17)18-4/h6-8H,5H2,1-4H3/t8-/m0/s1. The molecule has 0 aromatic carbocycles. The summed E-state index contributed by atoms with van der Waals surface area (Å²) in [5, 5.41) is 1.72. The number of rotatable bonds is 5. The molecule has 1 atom stereocenters. The number of ether oxygens (including phenoxy) is 1. The molecule has 0 unspecified atom stereocenters. The van der Waals surface area contributed by atoms with Gasteiger partial charge < -0.3 is 9.64 Å². The molecule has 0 aliphatic heterocycles. The zero-order valence-electron chi connectivity index (χ0n) is 11.3. The second-order valence-electron chi connectivity index (χ2n) is 4.29. The number of aromatic nitrogens is 1. The molecule has 1 amide bonds. The van der Waals surface area contributed by atoms with E-state index >= 15 is 0 Å². The van der Waals surface area contributed by atoms with Crippen LogP contribution in [-0.2, 0) is 16.1 Å². The van der Waals surface area contributed by atoms with Crippen LogP contribution < -0.4 is 0 Å². The van der Waals surface area contributed by atoms with Crippen LogP contribution in [0.2, 0.25) is 0 Å². The highest BCUT2D eigenvalue weighted by molar-refractivity contribution is 7.09. The van der Waals surface area contributed by atoms with Gasteiger partial charge in [-0.05, 0) is 20.8 Å². The maximum atomic E-state index is 12.0. The lowest BCUT2D eigenvalue weighted by Crippen LogP contribution is -2.40. The lowest BCUT2D eigenvalue weighted by Gasteiger charge is -2.26. The van der Waals surface area contributed by atoms with Crippen LogP contribution >= 0.6 is 22.9 Å². The molecule has 0 bridgehead atoms. The minimum absolute atomic E-state index is 0.0131. The Labute approximate surface area is 121 Å². The number of hydrogen-bond donors (Lipinski definition) is 0. The van der Waals surface area contributed by atoms with Crippen LogP contribution in [0.15, 0.2) is 5.38 Å². The van der Waals surface area contributed by atoms with Crippen LogP contribution in [0, 0.1) is 0 Å². The first kappa shape index (κ1) is 15.9. The van der Waals surface area contributed by atoms with Crippen molar-refractivity contribution < 1.29 is 14.3 Å². The predicted molar refractivity (Wildman–Crippen MR) is 74.5 cm³/mol. The Hall–Kier alpha value is -1.14. The molecular formula is C12H17ClN2O3S. The summed E-state index contributed by atoms with van der Waals surface area (Å²) in [6, 6.07) is 0.0131. The van der Waals surface area contributed by atoms with Gasteiger partial charge in [-0.25, -0.2) is 9.78 Å². The molecule has 0 aliphatic rings. The molecular weight excluding hydrogens is 288 g/mol. The fourth-order valence-corrected chi connectivity index (χ4v) is 2.36. The van der Waals surface area contributed by atoms with E-state index < -0.39 is 11.3 Å². The average Bonchev–Trinajstić information content (AvgIpc) is 2.82. The van der Waals surface area contributed by atoms with E-state index in [2.05, 4.69) is 9.72 Å². The van der Waals surface area contributed by atoms with Gasteiger partial charge in [0.05, 0.1) is 13.7 Å². The monoisotopic (exact) mass is 304 g/mol. The first-order chi connectivity index (χ1) is 8.86. The first-order valence-electron chi connectivity index (χ1n) is 5.84. The largest absolute Gasteiger partial charge is 0.464 e. The Balaban J connectivity index is 2.83. The second-order valence-corrected chi connectivity index (χ2v) is 5.89. The van der Waals surface area contributed by atoms with Crippen LogP contribution in [0.1, 0.15) is 36.3 Å². The summed E-state index contributed by atoms with van der Waals surface area (Å²) >= 11 is 7.15. The Morgan fingerprint density at radius 1 is 1.47 bits per heavy atom. The quantitative estimate of drug-likeness (QED) is 0.618. The minimum atomic E-state index is -0.581. The Bertz CT molecular complexity index is 460. The van der Waals surface area contributed by atoms with Crippen LogP contribution in [0.4, 0.5) is 0 Å². The van der Waals surface area contributed by atoms with Gasteiger partial charge in [-0.15, -0.1) is 22.9 Å². The van der Waals surface area contributed by atoms with Crippen molar-refractivity contribution >= 4 is 34.8 Å². The smallest absolute Gasteiger partial charge is 0.357 e. The number of alkyl halides is 1. The Morgan fingerprint density at radius 3 is 2.58 bits per heavy atom. The van der Waals surface area contributed by atoms with E-state index in [-0.39, 0.29) is 17.6 Å². The summed E-state index contributed by atoms with van der Waals surface area (Å²) in [7, 11) is 1.31. The van der Waals surface area contributed by atoms with Gasteiger partial charge in [0.1, 0.15) is 10.4 Å². The van der Waals surface area contributed by atoms with Crippen molar-refractivity contribution in [1.82, 2.24) is 9.88 Å². The van der Waals surface area contributed by atoms with Gasteiger partial charge in [-0.2, -0.15) is 0 Å². The van der Waals surface area contributed by atoms with E-state index in [1.165, 1.54) is 18.4 Å². The van der Waals surface area contributed by atoms with Crippen molar-refractivity contribution in [3.05, 3.63) is 16.1 Å². The van der Waals surface area contributed by atoms with E-state index in [1.807, 2.05) is 13.8 Å². The van der Waals surface area contributed by atoms with E-state index in [9.17, 15) is 9.59 Å². The number of carbonyl (C=O) groups is 2. The topological polar surface area (TPSA) is 59.5 Å². The summed E-state index contributed by atoms with van der Waals surface area (Å²) in [5.41, 5.74) is 0.262. The van der Waals surface area contributed by atoms with Crippen molar-refractivity contribution in [1.29, 1.82) is 0 Å². The lowest BCUT2D eigenvalue weighted by atomic mass is 10.3. The third-order valence-electron chi connectivity index (χ3n) is 2.50. The van der Waals surface area contributed by atoms with E-state index in [0.717, 1.165) is 0 Å². The second kappa shape index (κ2) is 6.86. The van der Waals surface area contributed by atoms with Crippen molar-refractivity contribution in [3.8, 4) is 0 Å². The number of esters is 1. The van der Waals surface area contributed by atoms with Crippen molar-refractivity contribution in [2.45, 2.75) is 38.7 Å². The van der Waals surface area contributed by atoms with E-state index in [0.29, 0.717) is 11.6 Å². The van der Waals surface area contributed by atoms with Gasteiger partial charge in [-0.1, -0.05) is 0 Å². The summed E-state index contributed by atoms with van der Waals surface area (Å²) < 4.78 is 4.59. The maximum Gasteiger partial charge on any atom is 0.357 e. The molecule has 19 heavy (non-hydrogen) atoms. The van der Waals surface area contributed by atoms with Crippen LogP contribution in [0.25, 0.3) is 0 Å². The minimum Gasteiger partial charge on any atom is -0.464 e. The van der Waals surface area contributed by atoms with Gasteiger partial charge in [0.2, 0.25) is 5.91 Å². The number of halogens is 1. The number of thiazole rings is 1. The van der Waals surface area contributed by atoms with Crippen LogP contribution in [0.5, 0.6) is 0 Å². The molecule has 5 nitrogen and oxygen atoms in total. The molecule has 1 heterocycles. The molecule has 0 saturated heterocycles. The van der Waals surface area contributed by atoms with E-state index in [1.54, 1.807) is 17.2 Å². The Morgan fingerprint density at radius 2 is 2.11 bits per heavy atom. The van der Waals surface area contributed by atoms with Gasteiger partial charge in [0.15, 0.2) is 5.69 Å². The number of nitrogens with zero attached hydrogens (tertiary/aromatic N) is 2. The van der Waals surface area contributed by atoms with Crippen LogP contribution in [0.3, 0.4) is 0 Å². The van der Waals surface area contributed by atoms with E-state index in [4.69, 9.17) is 11.6 Å². The molecule has 0 fully saturated rings. The number of hydrogen-bond acceptors (Lipinski definition) is 5. The molecule has 106 valence electrons. The third-order valence-corrected chi connectivity index (χ3v) is 3.52. The lowest BCUT2D eigenvalue weighted by molar-refractivity contribution is -0.132. The molecule has 0 aliphatic carbocycles. The van der Waals surface area contributed by atoms with Gasteiger partial charge in [-0.3, -0.25) is 4.79 Å². The number of amides is 1. The predicted octanol–water partition coefficient (Wildman–Crippen LogP) is 2.29. The van der Waals surface area contributed by atoms with Gasteiger partial charge >= 0.3 is 5.97 Å². The molecule has 1 aromatic rings. The van der Waals surface area contributed by atoms with Crippen molar-refractivity contribution in [2.24, 2.45) is 0 Å². The fraction of sp³-hybridized carbons (Fsp3) is 0.583. The average molecular weight is 305 g/mol. The zero-order valence-corrected chi connectivity index (χ0v) is 12.9. The van der Waals surface area contributed by atoms with Crippen molar-refractivity contribution in [2.75, 3.05) is 7.11 Å². The maximum absolute atomic E-state index is 12.0. The highest BCUT2D eigenvalue weighted by Gasteiger charge is 2.23. The molecule has 7 heteroatoms. The summed E-state index contributed by atoms with van der Waals surface area (Å²) in [4.78, 5) is 29.1. The fourth-order valence-electron chi connectivity index (χ4n) is 1.47. The SMILES string of the molecule is COC(=O)c1csc(CN(C(=O)[C@H](C)Cl)C(C)C)n1. The normalized spacial score (nSPS) is 12.3. The molecule has 0 saturated carbocycles. The van der Waals surface area contributed by atoms with Crippen LogP contribution in [-0.4, -0.2) is 40.3 Å². The first-order valence-corrected chi connectivity index (χ1v) is 7.15. The summed E-state index contributed by atoms with van der Waals surface area (Å²) in [5.74, 6) is -0.623. The third kappa shape index (κ3) is 4.18. The zero-order chi connectivity index (χ0) is 14.6. The Kier molecular flexibility index (Phi) is 5.75. The van der Waals surface area contributed by atoms with Gasteiger partial charge in [0.25, 0.3) is 0 Å². The molecule has 0 N–H and O–H groups in total. The molecule has 0 radical (unpaired) electrons. The molecule has 1 aromatic heterocycles. The molecule has 1 rings (SSSR count). The highest BCUT2D eigenvalue weighted by atomic mass is 35.5.